The topological polar surface area (TPSA) is 55.0 Å². The van der Waals surface area contributed by atoms with Crippen LogP contribution in [0.3, 0.4) is 0 Å². The summed E-state index contributed by atoms with van der Waals surface area (Å²) in [6.45, 7) is 2.28. The highest BCUT2D eigenvalue weighted by atomic mass is 15.2. The third-order valence-corrected chi connectivity index (χ3v) is 5.34. The number of aryl methyl sites for hydroxylation is 1. The van der Waals surface area contributed by atoms with E-state index < -0.39 is 0 Å². The first-order chi connectivity index (χ1) is 13.3. The van der Waals surface area contributed by atoms with Crippen molar-refractivity contribution in [1.82, 2.24) is 14.9 Å². The summed E-state index contributed by atoms with van der Waals surface area (Å²) in [4.78, 5) is 11.8. The Kier molecular flexibility index (Phi) is 5.56. The summed E-state index contributed by atoms with van der Waals surface area (Å²) < 4.78 is 0. The Morgan fingerprint density at radius 3 is 2.48 bits per heavy atom. The minimum absolute atomic E-state index is 0.325. The Labute approximate surface area is 161 Å². The maximum Gasteiger partial charge on any atom is 0.0607 e. The van der Waals surface area contributed by atoms with E-state index in [9.17, 15) is 0 Å². The molecule has 4 rings (SSSR count). The van der Waals surface area contributed by atoms with Crippen LogP contribution in [0, 0.1) is 0 Å². The first kappa shape index (κ1) is 17.8. The third kappa shape index (κ3) is 4.24. The maximum absolute atomic E-state index is 5.75. The molecule has 4 nitrogen and oxygen atoms in total. The van der Waals surface area contributed by atoms with Crippen LogP contribution in [0.25, 0.3) is 0 Å². The van der Waals surface area contributed by atoms with Crippen molar-refractivity contribution in [2.45, 2.75) is 44.9 Å². The first-order valence-electron chi connectivity index (χ1n) is 9.69. The van der Waals surface area contributed by atoms with E-state index in [0.29, 0.717) is 12.6 Å². The monoisotopic (exact) mass is 358 g/mol. The van der Waals surface area contributed by atoms with Gasteiger partial charge in [-0.05, 0) is 54.2 Å². The van der Waals surface area contributed by atoms with Gasteiger partial charge in [-0.3, -0.25) is 14.9 Å². The lowest BCUT2D eigenvalue weighted by Crippen LogP contribution is -2.31. The molecule has 0 saturated heterocycles. The number of fused-ring (bicyclic) bond motifs is 1. The number of pyridine rings is 2. The van der Waals surface area contributed by atoms with Crippen molar-refractivity contribution in [3.63, 3.8) is 0 Å². The molecule has 0 saturated carbocycles. The van der Waals surface area contributed by atoms with Gasteiger partial charge in [0.15, 0.2) is 0 Å². The maximum atomic E-state index is 5.75. The molecule has 1 aliphatic carbocycles. The van der Waals surface area contributed by atoms with Gasteiger partial charge in [0, 0.05) is 32.0 Å². The van der Waals surface area contributed by atoms with Crippen molar-refractivity contribution < 1.29 is 0 Å². The van der Waals surface area contributed by atoms with Gasteiger partial charge in [-0.2, -0.15) is 0 Å². The fraction of sp³-hybridized carbons (Fsp3) is 0.304. The number of rotatable bonds is 6. The Morgan fingerprint density at radius 1 is 0.889 bits per heavy atom. The lowest BCUT2D eigenvalue weighted by atomic mass is 9.90. The SMILES string of the molecule is NCc1ccc(CN(Cc2ccccn2)C2CCCc3cccnc32)cc1. The number of nitrogens with two attached hydrogens (primary N) is 1. The average Bonchev–Trinajstić information content (AvgIpc) is 2.74. The summed E-state index contributed by atoms with van der Waals surface area (Å²) in [6.07, 6.45) is 7.26. The van der Waals surface area contributed by atoms with Gasteiger partial charge in [0.1, 0.15) is 0 Å². The van der Waals surface area contributed by atoms with Crippen molar-refractivity contribution >= 4 is 0 Å². The molecule has 4 heteroatoms. The van der Waals surface area contributed by atoms with E-state index in [-0.39, 0.29) is 0 Å². The van der Waals surface area contributed by atoms with E-state index >= 15 is 0 Å². The number of benzene rings is 1. The number of hydrogen-bond acceptors (Lipinski definition) is 4. The zero-order chi connectivity index (χ0) is 18.5. The van der Waals surface area contributed by atoms with Crippen LogP contribution >= 0.6 is 0 Å². The largest absolute Gasteiger partial charge is 0.326 e. The highest BCUT2D eigenvalue weighted by Gasteiger charge is 2.27. The molecule has 0 radical (unpaired) electrons. The van der Waals surface area contributed by atoms with Crippen LogP contribution in [0.2, 0.25) is 0 Å². The fourth-order valence-corrected chi connectivity index (χ4v) is 3.93. The molecule has 138 valence electrons. The molecule has 3 aromatic rings. The molecule has 1 aromatic carbocycles. The number of aromatic nitrogens is 2. The summed E-state index contributed by atoms with van der Waals surface area (Å²) in [7, 11) is 0. The molecule has 1 atom stereocenters. The van der Waals surface area contributed by atoms with Crippen molar-refractivity contribution in [2.24, 2.45) is 5.73 Å². The van der Waals surface area contributed by atoms with Gasteiger partial charge in [0.25, 0.3) is 0 Å². The molecule has 0 fully saturated rings. The highest BCUT2D eigenvalue weighted by molar-refractivity contribution is 5.27. The Bertz CT molecular complexity index is 861. The van der Waals surface area contributed by atoms with Crippen molar-refractivity contribution in [1.29, 1.82) is 0 Å². The van der Waals surface area contributed by atoms with E-state index in [1.165, 1.54) is 28.8 Å². The van der Waals surface area contributed by atoms with Crippen LogP contribution in [0.1, 0.15) is 47.0 Å². The van der Waals surface area contributed by atoms with E-state index in [1.54, 1.807) is 0 Å². The predicted molar refractivity (Wildman–Crippen MR) is 108 cm³/mol. The van der Waals surface area contributed by atoms with Gasteiger partial charge in [0.2, 0.25) is 0 Å². The Hall–Kier alpha value is -2.56. The van der Waals surface area contributed by atoms with Crippen molar-refractivity contribution in [2.75, 3.05) is 0 Å². The zero-order valence-corrected chi connectivity index (χ0v) is 15.6. The molecule has 27 heavy (non-hydrogen) atoms. The highest BCUT2D eigenvalue weighted by Crippen LogP contribution is 2.34. The standard InChI is InChI=1S/C23H26N4/c24-15-18-9-11-19(12-10-18)16-27(17-21-7-1-2-13-25-21)22-8-3-5-20-6-4-14-26-23(20)22/h1-2,4,6-7,9-14,22H,3,5,8,15-17,24H2. The van der Waals surface area contributed by atoms with Gasteiger partial charge in [0.05, 0.1) is 17.4 Å². The van der Waals surface area contributed by atoms with Gasteiger partial charge >= 0.3 is 0 Å². The average molecular weight is 358 g/mol. The summed E-state index contributed by atoms with van der Waals surface area (Å²) in [5, 5.41) is 0. The van der Waals surface area contributed by atoms with Crippen LogP contribution in [0.5, 0.6) is 0 Å². The van der Waals surface area contributed by atoms with Crippen LogP contribution in [-0.2, 0) is 26.1 Å². The van der Waals surface area contributed by atoms with Crippen molar-refractivity contribution in [3.05, 3.63) is 95.1 Å². The molecule has 0 bridgehead atoms. The smallest absolute Gasteiger partial charge is 0.0607 e. The summed E-state index contributed by atoms with van der Waals surface area (Å²) in [5.41, 5.74) is 11.9. The van der Waals surface area contributed by atoms with Crippen molar-refractivity contribution in [3.8, 4) is 0 Å². The molecule has 0 aliphatic heterocycles. The zero-order valence-electron chi connectivity index (χ0n) is 15.6. The van der Waals surface area contributed by atoms with Crippen LogP contribution < -0.4 is 5.73 Å². The summed E-state index contributed by atoms with van der Waals surface area (Å²) in [6, 6.07) is 19.4. The molecule has 2 aromatic heterocycles. The molecular weight excluding hydrogens is 332 g/mol. The Balaban J connectivity index is 1.63. The summed E-state index contributed by atoms with van der Waals surface area (Å²) >= 11 is 0. The van der Waals surface area contributed by atoms with Gasteiger partial charge in [-0.15, -0.1) is 0 Å². The lowest BCUT2D eigenvalue weighted by molar-refractivity contribution is 0.155. The van der Waals surface area contributed by atoms with Crippen LogP contribution in [0.15, 0.2) is 67.0 Å². The van der Waals surface area contributed by atoms with E-state index in [4.69, 9.17) is 10.7 Å². The normalized spacial score (nSPS) is 16.3. The molecule has 1 unspecified atom stereocenters. The Morgan fingerprint density at radius 2 is 1.70 bits per heavy atom. The predicted octanol–water partition coefficient (Wildman–Crippen LogP) is 4.02. The molecule has 2 N–H and O–H groups in total. The van der Waals surface area contributed by atoms with Crippen LogP contribution in [-0.4, -0.2) is 14.9 Å². The lowest BCUT2D eigenvalue weighted by Gasteiger charge is -2.35. The molecular formula is C23H26N4. The van der Waals surface area contributed by atoms with E-state index in [2.05, 4.69) is 58.4 Å². The second kappa shape index (κ2) is 8.42. The third-order valence-electron chi connectivity index (χ3n) is 5.34. The van der Waals surface area contributed by atoms with E-state index in [0.717, 1.165) is 31.6 Å². The molecule has 0 amide bonds. The van der Waals surface area contributed by atoms with E-state index in [1.807, 2.05) is 18.5 Å². The fourth-order valence-electron chi connectivity index (χ4n) is 3.93. The van der Waals surface area contributed by atoms with Gasteiger partial charge < -0.3 is 5.73 Å². The second-order valence-electron chi connectivity index (χ2n) is 7.20. The van der Waals surface area contributed by atoms with Crippen LogP contribution in [0.4, 0.5) is 0 Å². The minimum Gasteiger partial charge on any atom is -0.326 e. The molecule has 0 spiro atoms. The quantitative estimate of drug-likeness (QED) is 0.723. The number of hydrogen-bond donors (Lipinski definition) is 1. The summed E-state index contributed by atoms with van der Waals surface area (Å²) in [5.74, 6) is 0. The number of nitrogens with zero attached hydrogens (tertiary/aromatic N) is 3. The second-order valence-corrected chi connectivity index (χ2v) is 7.20. The molecule has 2 heterocycles. The minimum atomic E-state index is 0.325. The first-order valence-corrected chi connectivity index (χ1v) is 9.69. The van der Waals surface area contributed by atoms with Gasteiger partial charge in [-0.1, -0.05) is 36.4 Å². The molecule has 1 aliphatic rings. The van der Waals surface area contributed by atoms with Gasteiger partial charge in [-0.25, -0.2) is 0 Å².